The Morgan fingerprint density at radius 1 is 1.14 bits per heavy atom. The van der Waals surface area contributed by atoms with Gasteiger partial charge in [-0.15, -0.1) is 0 Å². The summed E-state index contributed by atoms with van der Waals surface area (Å²) in [5.41, 5.74) is 1.92. The third kappa shape index (κ3) is 6.92. The quantitative estimate of drug-likeness (QED) is 0.199. The van der Waals surface area contributed by atoms with Crippen molar-refractivity contribution in [2.45, 2.75) is 12.3 Å². The normalized spacial score (nSPS) is 18.1. The molecule has 188 valence electrons. The SMILES string of the molecule is C[N+]1([C@H](NC(=O)[CH-][C@@H](O)C(=O)N2CCN(c3cccc(OCl)c3)CC2)c2ccc(Br)cc2)CC1.[Mo]. The summed E-state index contributed by atoms with van der Waals surface area (Å²) in [7, 11) is 2.07. The Morgan fingerprint density at radius 2 is 1.80 bits per heavy atom. The average Bonchev–Trinajstić information content (AvgIpc) is 3.61. The van der Waals surface area contributed by atoms with Crippen LogP contribution in [0.5, 0.6) is 5.75 Å². The molecular weight excluding hydrogens is 620 g/mol. The van der Waals surface area contributed by atoms with E-state index in [9.17, 15) is 14.7 Å². The van der Waals surface area contributed by atoms with Crippen molar-refractivity contribution in [1.82, 2.24) is 10.2 Å². The molecule has 2 aromatic carbocycles. The fourth-order valence-corrected chi connectivity index (χ4v) is 4.52. The molecule has 2 atom stereocenters. The summed E-state index contributed by atoms with van der Waals surface area (Å²) in [6.45, 7) is 3.97. The molecule has 2 fully saturated rings. The first-order chi connectivity index (χ1) is 16.3. The van der Waals surface area contributed by atoms with Gasteiger partial charge < -0.3 is 29.3 Å². The molecule has 0 radical (unpaired) electrons. The van der Waals surface area contributed by atoms with E-state index >= 15 is 0 Å². The van der Waals surface area contributed by atoms with E-state index in [0.717, 1.165) is 35.2 Å². The summed E-state index contributed by atoms with van der Waals surface area (Å²) in [6, 6.07) is 15.2. The number of rotatable bonds is 8. The van der Waals surface area contributed by atoms with Gasteiger partial charge in [0.05, 0.1) is 13.0 Å². The number of amides is 2. The van der Waals surface area contributed by atoms with Crippen LogP contribution in [0.25, 0.3) is 0 Å². The maximum atomic E-state index is 12.8. The topological polar surface area (TPSA) is 82.1 Å². The summed E-state index contributed by atoms with van der Waals surface area (Å²) < 4.78 is 6.41. The average molecular weight is 648 g/mol. The largest absolute Gasteiger partial charge is 0.413 e. The van der Waals surface area contributed by atoms with Gasteiger partial charge in [-0.3, -0.25) is 15.7 Å². The molecule has 4 rings (SSSR count). The second-order valence-corrected chi connectivity index (χ2v) is 9.96. The van der Waals surface area contributed by atoms with E-state index in [2.05, 4.69) is 33.2 Å². The van der Waals surface area contributed by atoms with Gasteiger partial charge in [-0.25, -0.2) is 0 Å². The molecule has 0 spiro atoms. The van der Waals surface area contributed by atoms with Crippen molar-refractivity contribution in [3.8, 4) is 5.75 Å². The molecule has 2 amide bonds. The fourth-order valence-electron chi connectivity index (χ4n) is 4.16. The van der Waals surface area contributed by atoms with Crippen LogP contribution in [0.3, 0.4) is 0 Å². The van der Waals surface area contributed by atoms with Crippen molar-refractivity contribution in [2.75, 3.05) is 51.2 Å². The van der Waals surface area contributed by atoms with E-state index in [1.54, 1.807) is 11.0 Å². The zero-order valence-electron chi connectivity index (χ0n) is 19.3. The molecule has 2 N–H and O–H groups in total. The Balaban J connectivity index is 0.00000342. The second-order valence-electron chi connectivity index (χ2n) is 8.89. The van der Waals surface area contributed by atoms with Crippen LogP contribution in [0, 0.1) is 6.42 Å². The predicted octanol–water partition coefficient (Wildman–Crippen LogP) is 2.47. The van der Waals surface area contributed by atoms with Crippen LogP contribution in [0.2, 0.25) is 0 Å². The molecule has 8 nitrogen and oxygen atoms in total. The van der Waals surface area contributed by atoms with Crippen LogP contribution >= 0.6 is 27.8 Å². The number of halogens is 2. The zero-order valence-corrected chi connectivity index (χ0v) is 23.6. The first-order valence-electron chi connectivity index (χ1n) is 11.1. The summed E-state index contributed by atoms with van der Waals surface area (Å²) >= 11 is 8.87. The number of carbonyl (C=O) groups excluding carboxylic acids is 2. The van der Waals surface area contributed by atoms with Crippen molar-refractivity contribution in [3.63, 3.8) is 0 Å². The van der Waals surface area contributed by atoms with Crippen LogP contribution in [0.1, 0.15) is 11.7 Å². The summed E-state index contributed by atoms with van der Waals surface area (Å²) in [6.07, 6.45) is -0.669. The molecule has 2 aliphatic rings. The Bertz CT molecular complexity index is 1030. The Hall–Kier alpha value is -1.77. The minimum absolute atomic E-state index is 0. The van der Waals surface area contributed by atoms with E-state index in [1.807, 2.05) is 42.5 Å². The Morgan fingerprint density at radius 3 is 2.40 bits per heavy atom. The molecule has 0 unspecified atom stereocenters. The van der Waals surface area contributed by atoms with Crippen molar-refractivity contribution < 1.29 is 44.5 Å². The standard InChI is InChI=1S/C24H28BrClN4O4.Mo/c1-30(13-14-30)23(17-5-7-18(25)8-6-17)27-22(32)16-21(31)24(33)29-11-9-28(10-12-29)19-3-2-4-20(15-19)34-26;/h2-8,15-16,21,23,31H,9-14H2,1H3,(H,27,32);/t21-,23+;/m1./s1. The molecule has 35 heavy (non-hydrogen) atoms. The number of hydrogen-bond donors (Lipinski definition) is 2. The molecule has 2 aliphatic heterocycles. The van der Waals surface area contributed by atoms with Gasteiger partial charge in [0.15, 0.2) is 6.17 Å². The first-order valence-corrected chi connectivity index (χ1v) is 12.2. The maximum absolute atomic E-state index is 12.8. The molecule has 0 saturated carbocycles. The number of likely N-dealkylation sites (N-methyl/N-ethyl adjacent to an activating group) is 1. The zero-order chi connectivity index (χ0) is 24.3. The first kappa shape index (κ1) is 27.8. The van der Waals surface area contributed by atoms with E-state index in [-0.39, 0.29) is 27.2 Å². The minimum atomic E-state index is -1.50. The van der Waals surface area contributed by atoms with E-state index in [0.29, 0.717) is 36.4 Å². The number of nitrogens with one attached hydrogen (secondary N) is 1. The number of aliphatic hydroxyl groups is 1. The predicted molar refractivity (Wildman–Crippen MR) is 133 cm³/mol. The van der Waals surface area contributed by atoms with Crippen LogP contribution < -0.4 is 14.5 Å². The Labute approximate surface area is 233 Å². The van der Waals surface area contributed by atoms with Gasteiger partial charge in [-0.05, 0) is 36.4 Å². The minimum Gasteiger partial charge on any atom is -0.413 e. The number of quaternary nitrogens is 1. The number of nitrogens with zero attached hydrogens (tertiary/aromatic N) is 3. The van der Waals surface area contributed by atoms with Gasteiger partial charge in [0.1, 0.15) is 30.7 Å². The third-order valence-electron chi connectivity index (χ3n) is 6.44. The summed E-state index contributed by atoms with van der Waals surface area (Å²) in [5.74, 6) is -0.384. The monoisotopic (exact) mass is 648 g/mol. The molecule has 0 aliphatic carbocycles. The van der Waals surface area contributed by atoms with Crippen LogP contribution in [-0.4, -0.2) is 78.7 Å². The van der Waals surface area contributed by atoms with Gasteiger partial charge in [-0.2, -0.15) is 0 Å². The van der Waals surface area contributed by atoms with E-state index in [1.165, 1.54) is 0 Å². The van der Waals surface area contributed by atoms with Crippen molar-refractivity contribution in [2.24, 2.45) is 0 Å². The molecule has 2 heterocycles. The maximum Gasteiger partial charge on any atom is 0.223 e. The third-order valence-corrected chi connectivity index (χ3v) is 7.15. The van der Waals surface area contributed by atoms with Crippen LogP contribution in [-0.2, 0) is 30.7 Å². The number of hydrogen-bond acceptors (Lipinski definition) is 5. The van der Waals surface area contributed by atoms with Crippen molar-refractivity contribution in [3.05, 3.63) is 65.0 Å². The van der Waals surface area contributed by atoms with Gasteiger partial charge >= 0.3 is 0 Å². The van der Waals surface area contributed by atoms with E-state index < -0.39 is 17.9 Å². The van der Waals surface area contributed by atoms with Gasteiger partial charge in [0.2, 0.25) is 5.91 Å². The molecule has 0 bridgehead atoms. The molecule has 2 saturated heterocycles. The van der Waals surface area contributed by atoms with Crippen molar-refractivity contribution >= 4 is 45.3 Å². The number of aliphatic hydroxyl groups excluding tert-OH is 1. The summed E-state index contributed by atoms with van der Waals surface area (Å²) in [5, 5.41) is 13.5. The molecule has 0 aromatic heterocycles. The number of benzene rings is 2. The van der Waals surface area contributed by atoms with Gasteiger partial charge in [-0.1, -0.05) is 22.0 Å². The number of anilines is 1. The van der Waals surface area contributed by atoms with Crippen molar-refractivity contribution in [1.29, 1.82) is 0 Å². The van der Waals surface area contributed by atoms with Gasteiger partial charge in [0.25, 0.3) is 0 Å². The second kappa shape index (κ2) is 12.0. The smallest absolute Gasteiger partial charge is 0.223 e. The van der Waals surface area contributed by atoms with Gasteiger partial charge in [0, 0.05) is 75.1 Å². The molecule has 11 heteroatoms. The summed E-state index contributed by atoms with van der Waals surface area (Å²) in [4.78, 5) is 29.2. The molecular formula is C24H28BrClMoN4O4. The van der Waals surface area contributed by atoms with Crippen LogP contribution in [0.4, 0.5) is 5.69 Å². The van der Waals surface area contributed by atoms with E-state index in [4.69, 9.17) is 16.2 Å². The number of carbonyl (C=O) groups is 2. The van der Waals surface area contributed by atoms with Crippen LogP contribution in [0.15, 0.2) is 53.0 Å². The molecule has 2 aromatic rings. The number of piperazine rings is 1. The Kier molecular flexibility index (Phi) is 9.52. The fraction of sp³-hybridized carbons (Fsp3) is 0.375.